The smallest absolute Gasteiger partial charge is 0.0897 e. The van der Waals surface area contributed by atoms with E-state index in [-0.39, 0.29) is 0 Å². The molecule has 0 fully saturated rings. The topological polar surface area (TPSA) is 36.4 Å². The molecule has 0 radical (unpaired) electrons. The van der Waals surface area contributed by atoms with Gasteiger partial charge in [0.25, 0.3) is 0 Å². The largest absolute Gasteiger partial charge is 0.396 e. The van der Waals surface area contributed by atoms with Gasteiger partial charge in [0.2, 0.25) is 0 Å². The number of hydrogen-bond donors (Lipinski definition) is 1. The zero-order valence-electron chi connectivity index (χ0n) is 8.86. The van der Waals surface area contributed by atoms with Gasteiger partial charge in [-0.25, -0.2) is 4.98 Å². The standard InChI is InChI=1S/C10H18N2OS/c1-9-11-10(8-14-9)7-12(2)5-3-4-6-13/h8,13H,3-7H2,1-2H3. The Kier molecular flexibility index (Phi) is 5.07. The summed E-state index contributed by atoms with van der Waals surface area (Å²) in [6.07, 6.45) is 1.94. The molecule has 0 aliphatic rings. The minimum Gasteiger partial charge on any atom is -0.396 e. The summed E-state index contributed by atoms with van der Waals surface area (Å²) >= 11 is 1.70. The Morgan fingerprint density at radius 3 is 2.86 bits per heavy atom. The number of aliphatic hydroxyl groups is 1. The molecule has 0 unspecified atom stereocenters. The van der Waals surface area contributed by atoms with E-state index in [1.54, 1.807) is 11.3 Å². The van der Waals surface area contributed by atoms with Gasteiger partial charge in [-0.05, 0) is 33.4 Å². The van der Waals surface area contributed by atoms with E-state index in [4.69, 9.17) is 5.11 Å². The summed E-state index contributed by atoms with van der Waals surface area (Å²) in [5.41, 5.74) is 1.15. The van der Waals surface area contributed by atoms with E-state index in [9.17, 15) is 0 Å². The van der Waals surface area contributed by atoms with E-state index >= 15 is 0 Å². The second kappa shape index (κ2) is 6.11. The van der Waals surface area contributed by atoms with Gasteiger partial charge in [-0.15, -0.1) is 11.3 Å². The molecule has 0 aliphatic heterocycles. The molecule has 1 rings (SSSR count). The summed E-state index contributed by atoms with van der Waals surface area (Å²) < 4.78 is 0. The van der Waals surface area contributed by atoms with E-state index in [1.165, 1.54) is 0 Å². The molecular weight excluding hydrogens is 196 g/mol. The molecule has 14 heavy (non-hydrogen) atoms. The lowest BCUT2D eigenvalue weighted by atomic mass is 10.3. The van der Waals surface area contributed by atoms with Crippen LogP contribution in [0.25, 0.3) is 0 Å². The van der Waals surface area contributed by atoms with Gasteiger partial charge in [-0.3, -0.25) is 0 Å². The number of unbranched alkanes of at least 4 members (excludes halogenated alkanes) is 1. The fourth-order valence-corrected chi connectivity index (χ4v) is 1.93. The van der Waals surface area contributed by atoms with E-state index < -0.39 is 0 Å². The van der Waals surface area contributed by atoms with Crippen LogP contribution < -0.4 is 0 Å². The van der Waals surface area contributed by atoms with Gasteiger partial charge >= 0.3 is 0 Å². The number of thiazole rings is 1. The second-order valence-electron chi connectivity index (χ2n) is 3.53. The molecule has 1 heterocycles. The minimum absolute atomic E-state index is 0.295. The molecule has 1 aromatic rings. The highest BCUT2D eigenvalue weighted by Gasteiger charge is 2.02. The minimum atomic E-state index is 0.295. The number of aromatic nitrogens is 1. The van der Waals surface area contributed by atoms with Gasteiger partial charge in [0, 0.05) is 18.5 Å². The van der Waals surface area contributed by atoms with Crippen LogP contribution in [0.2, 0.25) is 0 Å². The van der Waals surface area contributed by atoms with Gasteiger partial charge in [0.1, 0.15) is 0 Å². The van der Waals surface area contributed by atoms with Crippen molar-refractivity contribution in [2.45, 2.75) is 26.3 Å². The summed E-state index contributed by atoms with van der Waals surface area (Å²) in [6.45, 7) is 4.26. The third-order valence-corrected chi connectivity index (χ3v) is 2.87. The first-order valence-electron chi connectivity index (χ1n) is 4.93. The van der Waals surface area contributed by atoms with Crippen molar-refractivity contribution in [2.24, 2.45) is 0 Å². The molecule has 0 aromatic carbocycles. The maximum absolute atomic E-state index is 8.64. The van der Waals surface area contributed by atoms with Gasteiger partial charge in [0.05, 0.1) is 10.7 Å². The molecule has 0 bridgehead atoms. The number of rotatable bonds is 6. The monoisotopic (exact) mass is 214 g/mol. The van der Waals surface area contributed by atoms with E-state index in [2.05, 4.69) is 22.3 Å². The number of hydrogen-bond acceptors (Lipinski definition) is 4. The van der Waals surface area contributed by atoms with Gasteiger partial charge < -0.3 is 10.0 Å². The zero-order chi connectivity index (χ0) is 10.4. The lowest BCUT2D eigenvalue weighted by Gasteiger charge is -2.14. The predicted molar refractivity (Wildman–Crippen MR) is 59.5 cm³/mol. The number of aryl methyl sites for hydroxylation is 1. The van der Waals surface area contributed by atoms with Gasteiger partial charge in [-0.2, -0.15) is 0 Å². The second-order valence-corrected chi connectivity index (χ2v) is 4.59. The van der Waals surface area contributed by atoms with Crippen LogP contribution in [0.4, 0.5) is 0 Å². The Morgan fingerprint density at radius 1 is 1.50 bits per heavy atom. The summed E-state index contributed by atoms with van der Waals surface area (Å²) in [6, 6.07) is 0. The average Bonchev–Trinajstić information content (AvgIpc) is 2.52. The van der Waals surface area contributed by atoms with Crippen molar-refractivity contribution in [2.75, 3.05) is 20.2 Å². The average molecular weight is 214 g/mol. The predicted octanol–water partition coefficient (Wildman–Crippen LogP) is 1.66. The van der Waals surface area contributed by atoms with Crippen molar-refractivity contribution < 1.29 is 5.11 Å². The van der Waals surface area contributed by atoms with Gasteiger partial charge in [0.15, 0.2) is 0 Å². The van der Waals surface area contributed by atoms with Crippen molar-refractivity contribution in [1.29, 1.82) is 0 Å². The Morgan fingerprint density at radius 2 is 2.29 bits per heavy atom. The third-order valence-electron chi connectivity index (χ3n) is 2.05. The van der Waals surface area contributed by atoms with Crippen LogP contribution in [-0.4, -0.2) is 35.2 Å². The molecule has 0 saturated heterocycles. The van der Waals surface area contributed by atoms with Crippen molar-refractivity contribution in [1.82, 2.24) is 9.88 Å². The van der Waals surface area contributed by atoms with Crippen molar-refractivity contribution >= 4 is 11.3 Å². The fraction of sp³-hybridized carbons (Fsp3) is 0.700. The Balaban J connectivity index is 2.23. The van der Waals surface area contributed by atoms with Crippen LogP contribution in [0, 0.1) is 6.92 Å². The highest BCUT2D eigenvalue weighted by Crippen LogP contribution is 2.09. The summed E-state index contributed by atoms with van der Waals surface area (Å²) in [4.78, 5) is 6.65. The lowest BCUT2D eigenvalue weighted by molar-refractivity contribution is 0.260. The normalized spacial score (nSPS) is 11.1. The molecule has 3 nitrogen and oxygen atoms in total. The highest BCUT2D eigenvalue weighted by atomic mass is 32.1. The maximum Gasteiger partial charge on any atom is 0.0897 e. The third kappa shape index (κ3) is 4.17. The number of aliphatic hydroxyl groups excluding tert-OH is 1. The van der Waals surface area contributed by atoms with E-state index in [0.29, 0.717) is 6.61 Å². The first kappa shape index (κ1) is 11.6. The maximum atomic E-state index is 8.64. The Labute approximate surface area is 89.4 Å². The molecule has 0 atom stereocenters. The van der Waals surface area contributed by atoms with Gasteiger partial charge in [-0.1, -0.05) is 0 Å². The van der Waals surface area contributed by atoms with E-state index in [1.807, 2.05) is 6.92 Å². The SMILES string of the molecule is Cc1nc(CN(C)CCCCO)cs1. The molecule has 0 amide bonds. The fourth-order valence-electron chi connectivity index (χ4n) is 1.33. The van der Waals surface area contributed by atoms with Crippen molar-refractivity contribution in [3.8, 4) is 0 Å². The molecule has 0 saturated carbocycles. The molecule has 4 heteroatoms. The number of nitrogens with zero attached hydrogens (tertiary/aromatic N) is 2. The van der Waals surface area contributed by atoms with Crippen molar-refractivity contribution in [3.63, 3.8) is 0 Å². The van der Waals surface area contributed by atoms with E-state index in [0.717, 1.165) is 36.6 Å². The first-order chi connectivity index (χ1) is 6.72. The zero-order valence-corrected chi connectivity index (χ0v) is 9.68. The highest BCUT2D eigenvalue weighted by molar-refractivity contribution is 7.09. The summed E-state index contributed by atoms with van der Waals surface area (Å²) in [7, 11) is 2.09. The molecule has 0 aliphatic carbocycles. The lowest BCUT2D eigenvalue weighted by Crippen LogP contribution is -2.19. The molecular formula is C10H18N2OS. The molecule has 80 valence electrons. The first-order valence-corrected chi connectivity index (χ1v) is 5.80. The molecule has 1 aromatic heterocycles. The molecule has 0 spiro atoms. The summed E-state index contributed by atoms with van der Waals surface area (Å²) in [5.74, 6) is 0. The van der Waals surface area contributed by atoms with Crippen LogP contribution in [0.5, 0.6) is 0 Å². The quantitative estimate of drug-likeness (QED) is 0.732. The van der Waals surface area contributed by atoms with Crippen molar-refractivity contribution in [3.05, 3.63) is 16.1 Å². The van der Waals surface area contributed by atoms with Crippen LogP contribution in [0.1, 0.15) is 23.5 Å². The summed E-state index contributed by atoms with van der Waals surface area (Å²) in [5, 5.41) is 11.9. The van der Waals surface area contributed by atoms with Crippen LogP contribution in [0.3, 0.4) is 0 Å². The Bertz CT molecular complexity index is 262. The molecule has 1 N–H and O–H groups in total. The Hall–Kier alpha value is -0.450. The van der Waals surface area contributed by atoms with Crippen LogP contribution >= 0.6 is 11.3 Å². The van der Waals surface area contributed by atoms with Crippen LogP contribution in [-0.2, 0) is 6.54 Å². The van der Waals surface area contributed by atoms with Crippen LogP contribution in [0.15, 0.2) is 5.38 Å².